The number of pyridine rings is 1. The Morgan fingerprint density at radius 2 is 1.95 bits per heavy atom. The topological polar surface area (TPSA) is 75.2 Å². The molecule has 0 bridgehead atoms. The van der Waals surface area contributed by atoms with Crippen LogP contribution in [-0.2, 0) is 0 Å². The molecule has 5 nitrogen and oxygen atoms in total. The van der Waals surface area contributed by atoms with E-state index >= 15 is 0 Å². The molecule has 0 aliphatic carbocycles. The van der Waals surface area contributed by atoms with Gasteiger partial charge in [-0.3, -0.25) is 10.3 Å². The maximum absolute atomic E-state index is 7.28. The molecule has 106 valence electrons. The largest absolute Gasteiger partial charge is 0.476 e. The monoisotopic (exact) mass is 264 g/mol. The summed E-state index contributed by atoms with van der Waals surface area (Å²) in [6, 6.07) is 4.48. The Labute approximate surface area is 115 Å². The minimum atomic E-state index is 0.0184. The summed E-state index contributed by atoms with van der Waals surface area (Å²) >= 11 is 0. The van der Waals surface area contributed by atoms with Crippen molar-refractivity contribution < 1.29 is 4.74 Å². The molecule has 1 rings (SSSR count). The third kappa shape index (κ3) is 4.87. The summed E-state index contributed by atoms with van der Waals surface area (Å²) < 4.78 is 5.61. The Bertz CT molecular complexity index is 392. The molecule has 0 unspecified atom stereocenters. The number of rotatable bonds is 7. The van der Waals surface area contributed by atoms with E-state index in [0.717, 1.165) is 6.54 Å². The van der Waals surface area contributed by atoms with E-state index in [1.807, 2.05) is 0 Å². The van der Waals surface area contributed by atoms with E-state index in [1.165, 1.54) is 0 Å². The Morgan fingerprint density at radius 3 is 2.37 bits per heavy atom. The SMILES string of the molecule is CC(C)N(CCOc1ccc(C(=N)N)cn1)C(C)C. The molecule has 0 radical (unpaired) electrons. The minimum absolute atomic E-state index is 0.0184. The quantitative estimate of drug-likeness (QED) is 0.582. The van der Waals surface area contributed by atoms with Crippen LogP contribution >= 0.6 is 0 Å². The fourth-order valence-corrected chi connectivity index (χ4v) is 1.99. The zero-order valence-electron chi connectivity index (χ0n) is 12.2. The summed E-state index contributed by atoms with van der Waals surface area (Å²) in [6.07, 6.45) is 1.56. The van der Waals surface area contributed by atoms with Crippen LogP contribution in [0.15, 0.2) is 18.3 Å². The van der Waals surface area contributed by atoms with Gasteiger partial charge >= 0.3 is 0 Å². The highest BCUT2D eigenvalue weighted by molar-refractivity contribution is 5.94. The Hall–Kier alpha value is -1.62. The maximum atomic E-state index is 7.28. The van der Waals surface area contributed by atoms with Crippen molar-refractivity contribution in [2.75, 3.05) is 13.2 Å². The van der Waals surface area contributed by atoms with Crippen molar-refractivity contribution in [3.05, 3.63) is 23.9 Å². The zero-order chi connectivity index (χ0) is 14.4. The number of aromatic nitrogens is 1. The Balaban J connectivity index is 2.46. The molecule has 1 heterocycles. The summed E-state index contributed by atoms with van der Waals surface area (Å²) in [7, 11) is 0. The van der Waals surface area contributed by atoms with E-state index in [2.05, 4.69) is 37.6 Å². The molecule has 0 spiro atoms. The number of nitrogen functional groups attached to an aromatic ring is 1. The first-order valence-electron chi connectivity index (χ1n) is 6.60. The van der Waals surface area contributed by atoms with Gasteiger partial charge in [-0.2, -0.15) is 0 Å². The lowest BCUT2D eigenvalue weighted by Crippen LogP contribution is -2.39. The first-order valence-corrected chi connectivity index (χ1v) is 6.60. The Kier molecular flexibility index (Phi) is 5.76. The fraction of sp³-hybridized carbons (Fsp3) is 0.571. The molecule has 0 saturated carbocycles. The van der Waals surface area contributed by atoms with Crippen LogP contribution in [0.2, 0.25) is 0 Å². The van der Waals surface area contributed by atoms with Crippen molar-refractivity contribution in [2.24, 2.45) is 5.73 Å². The van der Waals surface area contributed by atoms with Gasteiger partial charge in [-0.1, -0.05) is 0 Å². The second kappa shape index (κ2) is 7.09. The van der Waals surface area contributed by atoms with Gasteiger partial charge in [0.2, 0.25) is 5.88 Å². The molecule has 0 amide bonds. The molecular formula is C14H24N4O. The molecule has 3 N–H and O–H groups in total. The first kappa shape index (κ1) is 15.4. The van der Waals surface area contributed by atoms with Crippen LogP contribution in [0, 0.1) is 5.41 Å². The van der Waals surface area contributed by atoms with Gasteiger partial charge in [-0.05, 0) is 33.8 Å². The lowest BCUT2D eigenvalue weighted by atomic mass is 10.2. The average molecular weight is 264 g/mol. The van der Waals surface area contributed by atoms with Gasteiger partial charge < -0.3 is 10.5 Å². The van der Waals surface area contributed by atoms with Crippen molar-refractivity contribution in [2.45, 2.75) is 39.8 Å². The molecule has 0 atom stereocenters. The van der Waals surface area contributed by atoms with E-state index < -0.39 is 0 Å². The second-order valence-corrected chi connectivity index (χ2v) is 5.07. The van der Waals surface area contributed by atoms with E-state index in [1.54, 1.807) is 18.3 Å². The third-order valence-electron chi connectivity index (χ3n) is 2.97. The van der Waals surface area contributed by atoms with Crippen molar-refractivity contribution in [1.82, 2.24) is 9.88 Å². The summed E-state index contributed by atoms with van der Waals surface area (Å²) in [4.78, 5) is 6.49. The number of hydrogen-bond acceptors (Lipinski definition) is 4. The van der Waals surface area contributed by atoms with E-state index in [-0.39, 0.29) is 5.84 Å². The number of ether oxygens (including phenoxy) is 1. The number of hydrogen-bond donors (Lipinski definition) is 2. The highest BCUT2D eigenvalue weighted by Crippen LogP contribution is 2.08. The van der Waals surface area contributed by atoms with Crippen molar-refractivity contribution in [1.29, 1.82) is 5.41 Å². The number of nitrogens with zero attached hydrogens (tertiary/aromatic N) is 2. The van der Waals surface area contributed by atoms with Gasteiger partial charge in [-0.15, -0.1) is 0 Å². The van der Waals surface area contributed by atoms with Gasteiger partial charge in [0.05, 0.1) is 0 Å². The fourth-order valence-electron chi connectivity index (χ4n) is 1.99. The first-order chi connectivity index (χ1) is 8.91. The van der Waals surface area contributed by atoms with Gasteiger partial charge in [0.25, 0.3) is 0 Å². The van der Waals surface area contributed by atoms with Crippen LogP contribution in [0.4, 0.5) is 0 Å². The van der Waals surface area contributed by atoms with Gasteiger partial charge in [0.15, 0.2) is 0 Å². The molecule has 5 heteroatoms. The lowest BCUT2D eigenvalue weighted by molar-refractivity contribution is 0.140. The van der Waals surface area contributed by atoms with E-state index in [9.17, 15) is 0 Å². The summed E-state index contributed by atoms with van der Waals surface area (Å²) in [5, 5.41) is 7.28. The standard InChI is InChI=1S/C14H24N4O/c1-10(2)18(11(3)4)7-8-19-13-6-5-12(9-17-13)14(15)16/h5-6,9-11H,7-8H2,1-4H3,(H3,15,16). The molecule has 1 aromatic rings. The molecular weight excluding hydrogens is 240 g/mol. The van der Waals surface area contributed by atoms with E-state index in [0.29, 0.717) is 30.1 Å². The average Bonchev–Trinajstić information content (AvgIpc) is 2.34. The van der Waals surface area contributed by atoms with Crippen molar-refractivity contribution in [3.63, 3.8) is 0 Å². The molecule has 19 heavy (non-hydrogen) atoms. The number of nitrogens with two attached hydrogens (primary N) is 1. The van der Waals surface area contributed by atoms with Crippen LogP contribution in [0.3, 0.4) is 0 Å². The summed E-state index contributed by atoms with van der Waals surface area (Å²) in [5.41, 5.74) is 5.98. The lowest BCUT2D eigenvalue weighted by Gasteiger charge is -2.30. The van der Waals surface area contributed by atoms with Crippen LogP contribution in [-0.4, -0.2) is 41.0 Å². The van der Waals surface area contributed by atoms with Crippen LogP contribution in [0.1, 0.15) is 33.3 Å². The molecule has 0 aliphatic heterocycles. The minimum Gasteiger partial charge on any atom is -0.476 e. The smallest absolute Gasteiger partial charge is 0.213 e. The maximum Gasteiger partial charge on any atom is 0.213 e. The second-order valence-electron chi connectivity index (χ2n) is 5.07. The molecule has 0 aliphatic rings. The summed E-state index contributed by atoms with van der Waals surface area (Å²) in [6.45, 7) is 10.2. The Morgan fingerprint density at radius 1 is 1.32 bits per heavy atom. The highest BCUT2D eigenvalue weighted by atomic mass is 16.5. The predicted octanol–water partition coefficient (Wildman–Crippen LogP) is 1.86. The van der Waals surface area contributed by atoms with Gasteiger partial charge in [0.1, 0.15) is 12.4 Å². The van der Waals surface area contributed by atoms with Crippen LogP contribution < -0.4 is 10.5 Å². The number of nitrogens with one attached hydrogen (secondary N) is 1. The van der Waals surface area contributed by atoms with Crippen LogP contribution in [0.25, 0.3) is 0 Å². The summed E-state index contributed by atoms with van der Waals surface area (Å²) in [5.74, 6) is 0.585. The highest BCUT2D eigenvalue weighted by Gasteiger charge is 2.12. The molecule has 0 saturated heterocycles. The van der Waals surface area contributed by atoms with Crippen LogP contribution in [0.5, 0.6) is 5.88 Å². The molecule has 1 aromatic heterocycles. The normalized spacial score (nSPS) is 11.3. The predicted molar refractivity (Wildman–Crippen MR) is 77.7 cm³/mol. The zero-order valence-corrected chi connectivity index (χ0v) is 12.2. The molecule has 0 fully saturated rings. The number of amidine groups is 1. The van der Waals surface area contributed by atoms with Gasteiger partial charge in [-0.25, -0.2) is 4.98 Å². The molecule has 0 aromatic carbocycles. The third-order valence-corrected chi connectivity index (χ3v) is 2.97. The van der Waals surface area contributed by atoms with Crippen molar-refractivity contribution >= 4 is 5.84 Å². The van der Waals surface area contributed by atoms with E-state index in [4.69, 9.17) is 15.9 Å². The van der Waals surface area contributed by atoms with Crippen molar-refractivity contribution in [3.8, 4) is 5.88 Å². The van der Waals surface area contributed by atoms with Gasteiger partial charge in [0, 0.05) is 36.5 Å².